The van der Waals surface area contributed by atoms with Gasteiger partial charge >= 0.3 is 6.18 Å². The van der Waals surface area contributed by atoms with Crippen molar-refractivity contribution in [3.05, 3.63) is 107 Å². The number of hydrogen-bond donors (Lipinski definition) is 2. The van der Waals surface area contributed by atoms with E-state index in [1.54, 1.807) is 37.3 Å². The Balaban J connectivity index is 1.24. The van der Waals surface area contributed by atoms with Gasteiger partial charge in [-0.05, 0) is 91.3 Å². The highest BCUT2D eigenvalue weighted by atomic mass is 32.2. The van der Waals surface area contributed by atoms with Gasteiger partial charge in [-0.15, -0.1) is 11.3 Å². The zero-order valence-corrected chi connectivity index (χ0v) is 23.2. The number of fused-ring (bicyclic) bond motifs is 1. The van der Waals surface area contributed by atoms with Crippen LogP contribution >= 0.6 is 11.3 Å². The molecule has 0 spiro atoms. The van der Waals surface area contributed by atoms with E-state index < -0.39 is 33.7 Å². The molecule has 0 aliphatic carbocycles. The van der Waals surface area contributed by atoms with Gasteiger partial charge in [0.05, 0.1) is 20.7 Å². The van der Waals surface area contributed by atoms with Crippen LogP contribution in [0.3, 0.4) is 0 Å². The number of thiazole rings is 1. The Morgan fingerprint density at radius 1 is 0.786 bits per heavy atom. The van der Waals surface area contributed by atoms with E-state index in [1.165, 1.54) is 30.3 Å². The molecule has 8 nitrogen and oxygen atoms in total. The molecule has 0 atom stereocenters. The summed E-state index contributed by atoms with van der Waals surface area (Å²) in [5, 5.41) is 5.83. The van der Waals surface area contributed by atoms with E-state index in [-0.39, 0.29) is 15.2 Å². The Bertz CT molecular complexity index is 1920. The lowest BCUT2D eigenvalue weighted by Crippen LogP contribution is -2.14. The van der Waals surface area contributed by atoms with E-state index in [4.69, 9.17) is 0 Å². The Kier molecular flexibility index (Phi) is 7.58. The molecule has 42 heavy (non-hydrogen) atoms. The van der Waals surface area contributed by atoms with Crippen molar-refractivity contribution in [2.24, 2.45) is 0 Å². The van der Waals surface area contributed by atoms with Crippen molar-refractivity contribution in [2.45, 2.75) is 18.0 Å². The summed E-state index contributed by atoms with van der Waals surface area (Å²) < 4.78 is 73.8. The van der Waals surface area contributed by atoms with Crippen LogP contribution < -0.4 is 10.6 Å². The third-order valence-electron chi connectivity index (χ3n) is 6.23. The molecular weight excluding hydrogens is 591 g/mol. The average Bonchev–Trinajstić information content (AvgIpc) is 3.36. The first-order valence-electron chi connectivity index (χ1n) is 12.2. The molecule has 0 fully saturated rings. The third-order valence-corrected chi connectivity index (χ3v) is 8.52. The summed E-state index contributed by atoms with van der Waals surface area (Å²) in [5.41, 5.74) is 1.71. The minimum Gasteiger partial charge on any atom is -0.744 e. The number of nitrogens with zero attached hydrogens (tertiary/aromatic N) is 1. The molecule has 0 unspecified atom stereocenters. The summed E-state index contributed by atoms with van der Waals surface area (Å²) in [7, 11) is -4.68. The topological polar surface area (TPSA) is 128 Å². The number of carbonyl (C=O) groups excluding carboxylic acids is 2. The van der Waals surface area contributed by atoms with Crippen molar-refractivity contribution < 1.29 is 35.7 Å². The normalized spacial score (nSPS) is 11.8. The van der Waals surface area contributed by atoms with Crippen molar-refractivity contribution in [3.63, 3.8) is 0 Å². The number of carbonyl (C=O) groups is 2. The second kappa shape index (κ2) is 11.0. The number of rotatable bonds is 6. The van der Waals surface area contributed by atoms with Gasteiger partial charge in [-0.25, -0.2) is 13.4 Å². The molecule has 0 saturated carbocycles. The van der Waals surface area contributed by atoms with Gasteiger partial charge in [0, 0.05) is 28.1 Å². The van der Waals surface area contributed by atoms with Crippen LogP contribution in [-0.2, 0) is 16.3 Å². The average molecular weight is 611 g/mol. The van der Waals surface area contributed by atoms with E-state index in [1.807, 2.05) is 0 Å². The second-order valence-corrected chi connectivity index (χ2v) is 11.5. The summed E-state index contributed by atoms with van der Waals surface area (Å²) in [6.07, 6.45) is -4.50. The van der Waals surface area contributed by atoms with Crippen LogP contribution in [0.5, 0.6) is 0 Å². The van der Waals surface area contributed by atoms with Crippen molar-refractivity contribution in [1.29, 1.82) is 0 Å². The lowest BCUT2D eigenvalue weighted by Gasteiger charge is -2.10. The highest BCUT2D eigenvalue weighted by Gasteiger charge is 2.30. The summed E-state index contributed by atoms with van der Waals surface area (Å²) in [4.78, 5) is 29.3. The van der Waals surface area contributed by atoms with E-state index in [0.29, 0.717) is 38.6 Å². The predicted octanol–water partition coefficient (Wildman–Crippen LogP) is 6.70. The number of alkyl halides is 3. The Morgan fingerprint density at radius 3 is 1.79 bits per heavy atom. The van der Waals surface area contributed by atoms with Gasteiger partial charge in [-0.2, -0.15) is 13.2 Å². The van der Waals surface area contributed by atoms with Crippen molar-refractivity contribution in [3.8, 4) is 10.6 Å². The largest absolute Gasteiger partial charge is 0.744 e. The van der Waals surface area contributed by atoms with Gasteiger partial charge in [0.15, 0.2) is 0 Å². The second-order valence-electron chi connectivity index (χ2n) is 9.17. The van der Waals surface area contributed by atoms with Crippen LogP contribution in [0.1, 0.15) is 31.8 Å². The Morgan fingerprint density at radius 2 is 1.29 bits per heavy atom. The molecule has 5 rings (SSSR count). The maximum Gasteiger partial charge on any atom is 0.416 e. The molecule has 13 heteroatoms. The molecule has 2 amide bonds. The Labute approximate surface area is 241 Å². The predicted molar refractivity (Wildman–Crippen MR) is 152 cm³/mol. The number of benzene rings is 4. The highest BCUT2D eigenvalue weighted by molar-refractivity contribution is 7.86. The zero-order valence-electron chi connectivity index (χ0n) is 21.5. The fourth-order valence-corrected chi connectivity index (χ4v) is 6.41. The van der Waals surface area contributed by atoms with Crippen LogP contribution in [0.2, 0.25) is 0 Å². The van der Waals surface area contributed by atoms with Crippen LogP contribution in [0.4, 0.5) is 24.5 Å². The first-order chi connectivity index (χ1) is 19.8. The lowest BCUT2D eigenvalue weighted by molar-refractivity contribution is -0.137. The van der Waals surface area contributed by atoms with E-state index in [9.17, 15) is 35.7 Å². The van der Waals surface area contributed by atoms with Gasteiger partial charge in [0.2, 0.25) is 0 Å². The summed E-state index contributed by atoms with van der Waals surface area (Å²) in [5.74, 6) is -1.03. The maximum absolute atomic E-state index is 12.7. The van der Waals surface area contributed by atoms with E-state index in [2.05, 4.69) is 15.6 Å². The molecule has 0 radical (unpaired) electrons. The highest BCUT2D eigenvalue weighted by Crippen LogP contribution is 2.36. The number of nitrogens with one attached hydrogen (secondary N) is 2. The molecule has 5 aromatic rings. The van der Waals surface area contributed by atoms with Crippen molar-refractivity contribution >= 4 is 54.9 Å². The zero-order chi connectivity index (χ0) is 30.2. The molecule has 0 aliphatic heterocycles. The van der Waals surface area contributed by atoms with Crippen molar-refractivity contribution in [2.75, 3.05) is 10.6 Å². The quantitative estimate of drug-likeness (QED) is 0.206. The third kappa shape index (κ3) is 6.17. The van der Waals surface area contributed by atoms with E-state index >= 15 is 0 Å². The standard InChI is InChI=1S/C29H20F3N3O5S2/c1-16-2-15-23-24(25(16)42(38,39)40)41-28(35-23)19-7-13-22(14-8-19)34-27(37)18-5-11-21(12-6-18)33-26(36)17-3-9-20(10-4-17)29(30,31)32/h2-15H,1H3,(H,33,36)(H,34,37)(H,38,39,40)/p-1. The van der Waals surface area contributed by atoms with Crippen molar-refractivity contribution in [1.82, 2.24) is 4.98 Å². The molecule has 214 valence electrons. The smallest absolute Gasteiger partial charge is 0.416 e. The molecular formula is C29H19F3N3O5S2-. The lowest BCUT2D eigenvalue weighted by atomic mass is 10.1. The molecule has 1 heterocycles. The number of aryl methyl sites for hydroxylation is 1. The SMILES string of the molecule is Cc1ccc2nc(-c3ccc(NC(=O)c4ccc(NC(=O)c5ccc(C(F)(F)F)cc5)cc4)cc3)sc2c1S(=O)(=O)[O-]. The number of amides is 2. The monoisotopic (exact) mass is 610 g/mol. The van der Waals surface area contributed by atoms with Crippen LogP contribution in [0.15, 0.2) is 89.8 Å². The number of hydrogen-bond acceptors (Lipinski definition) is 7. The molecule has 2 N–H and O–H groups in total. The minimum atomic E-state index is -4.68. The van der Waals surface area contributed by atoms with E-state index in [0.717, 1.165) is 35.6 Å². The summed E-state index contributed by atoms with van der Waals surface area (Å²) >= 11 is 1.09. The van der Waals surface area contributed by atoms with Gasteiger partial charge < -0.3 is 15.2 Å². The fourth-order valence-electron chi connectivity index (χ4n) is 4.12. The first-order valence-corrected chi connectivity index (χ1v) is 14.4. The molecule has 4 aromatic carbocycles. The van der Waals surface area contributed by atoms with Gasteiger partial charge in [0.25, 0.3) is 11.8 Å². The molecule has 0 aliphatic rings. The van der Waals surface area contributed by atoms with Gasteiger partial charge in [0.1, 0.15) is 15.1 Å². The number of halogens is 3. The Hall–Kier alpha value is -4.59. The van der Waals surface area contributed by atoms with Crippen LogP contribution in [0, 0.1) is 6.92 Å². The van der Waals surface area contributed by atoms with Crippen LogP contribution in [0.25, 0.3) is 20.8 Å². The maximum atomic E-state index is 12.7. The summed E-state index contributed by atoms with van der Waals surface area (Å²) in [6, 6.07) is 19.6. The van der Waals surface area contributed by atoms with Gasteiger partial charge in [-0.3, -0.25) is 9.59 Å². The van der Waals surface area contributed by atoms with Gasteiger partial charge in [-0.1, -0.05) is 6.07 Å². The molecule has 0 saturated heterocycles. The fraction of sp³-hybridized carbons (Fsp3) is 0.0690. The first kappa shape index (κ1) is 28.9. The summed E-state index contributed by atoms with van der Waals surface area (Å²) in [6.45, 7) is 1.55. The molecule has 0 bridgehead atoms. The number of aromatic nitrogens is 1. The van der Waals surface area contributed by atoms with Crippen LogP contribution in [-0.4, -0.2) is 29.8 Å². The minimum absolute atomic E-state index is 0.0464. The molecule has 1 aromatic heterocycles. The number of anilines is 2.